The van der Waals surface area contributed by atoms with Crippen LogP contribution >= 0.6 is 11.8 Å². The maximum absolute atomic E-state index is 5.67. The molecular formula is C11H8N4OS. The van der Waals surface area contributed by atoms with E-state index in [2.05, 4.69) is 15.0 Å². The monoisotopic (exact) mass is 244 g/mol. The van der Waals surface area contributed by atoms with E-state index < -0.39 is 0 Å². The highest BCUT2D eigenvalue weighted by Crippen LogP contribution is 2.30. The first-order valence-corrected chi connectivity index (χ1v) is 5.74. The van der Waals surface area contributed by atoms with Crippen LogP contribution in [0.5, 0.6) is 0 Å². The van der Waals surface area contributed by atoms with Crippen molar-refractivity contribution in [3.63, 3.8) is 0 Å². The second-order valence-electron chi connectivity index (χ2n) is 3.30. The fourth-order valence-corrected chi connectivity index (χ4v) is 2.29. The molecule has 84 valence electrons. The van der Waals surface area contributed by atoms with Crippen molar-refractivity contribution >= 4 is 28.6 Å². The molecule has 17 heavy (non-hydrogen) atoms. The Labute approximate surface area is 101 Å². The Bertz CT molecular complexity index is 654. The van der Waals surface area contributed by atoms with Crippen molar-refractivity contribution < 1.29 is 4.42 Å². The molecule has 0 fully saturated rings. The number of nitrogen functional groups attached to an aromatic ring is 1. The summed E-state index contributed by atoms with van der Waals surface area (Å²) in [6.45, 7) is 0. The molecule has 0 unspecified atom stereocenters. The third kappa shape index (κ3) is 1.94. The summed E-state index contributed by atoms with van der Waals surface area (Å²) in [4.78, 5) is 12.4. The molecular weight excluding hydrogens is 236 g/mol. The molecule has 0 bridgehead atoms. The Kier molecular flexibility index (Phi) is 2.41. The van der Waals surface area contributed by atoms with Gasteiger partial charge in [0, 0.05) is 5.39 Å². The summed E-state index contributed by atoms with van der Waals surface area (Å²) in [5, 5.41) is 2.22. The number of hydrogen-bond donors (Lipinski definition) is 1. The number of rotatable bonds is 2. The molecule has 2 aromatic heterocycles. The lowest BCUT2D eigenvalue weighted by Crippen LogP contribution is -1.96. The SMILES string of the molecule is Nc1nc(Sc2ncco2)c2ccccc2n1. The molecule has 5 nitrogen and oxygen atoms in total. The smallest absolute Gasteiger partial charge is 0.261 e. The highest BCUT2D eigenvalue weighted by molar-refractivity contribution is 7.99. The van der Waals surface area contributed by atoms with Gasteiger partial charge in [-0.2, -0.15) is 0 Å². The van der Waals surface area contributed by atoms with Crippen molar-refractivity contribution in [1.29, 1.82) is 0 Å². The van der Waals surface area contributed by atoms with Crippen LogP contribution in [-0.4, -0.2) is 15.0 Å². The van der Waals surface area contributed by atoms with Gasteiger partial charge in [0.1, 0.15) is 11.3 Å². The summed E-state index contributed by atoms with van der Waals surface area (Å²) in [6.07, 6.45) is 3.12. The highest BCUT2D eigenvalue weighted by atomic mass is 32.2. The Morgan fingerprint density at radius 1 is 1.18 bits per heavy atom. The van der Waals surface area contributed by atoms with Crippen LogP contribution in [0.1, 0.15) is 0 Å². The quantitative estimate of drug-likeness (QED) is 0.697. The van der Waals surface area contributed by atoms with Crippen molar-refractivity contribution in [2.45, 2.75) is 10.2 Å². The van der Waals surface area contributed by atoms with Crippen molar-refractivity contribution in [1.82, 2.24) is 15.0 Å². The summed E-state index contributed by atoms with van der Waals surface area (Å²) >= 11 is 1.33. The van der Waals surface area contributed by atoms with Crippen LogP contribution in [0.2, 0.25) is 0 Å². The predicted octanol–water partition coefficient (Wildman–Crippen LogP) is 2.35. The lowest BCUT2D eigenvalue weighted by atomic mass is 10.2. The Morgan fingerprint density at radius 3 is 2.88 bits per heavy atom. The zero-order chi connectivity index (χ0) is 11.7. The zero-order valence-corrected chi connectivity index (χ0v) is 9.52. The maximum atomic E-state index is 5.67. The number of aromatic nitrogens is 3. The molecule has 0 aliphatic heterocycles. The van der Waals surface area contributed by atoms with Gasteiger partial charge in [-0.25, -0.2) is 15.0 Å². The third-order valence-corrected chi connectivity index (χ3v) is 3.06. The van der Waals surface area contributed by atoms with Gasteiger partial charge in [0.2, 0.25) is 5.95 Å². The average Bonchev–Trinajstić information content (AvgIpc) is 2.81. The van der Waals surface area contributed by atoms with E-state index >= 15 is 0 Å². The lowest BCUT2D eigenvalue weighted by molar-refractivity contribution is 0.454. The van der Waals surface area contributed by atoms with Gasteiger partial charge < -0.3 is 10.2 Å². The molecule has 0 aliphatic carbocycles. The molecule has 2 N–H and O–H groups in total. The van der Waals surface area contributed by atoms with Crippen molar-refractivity contribution in [2.24, 2.45) is 0 Å². The molecule has 0 saturated carbocycles. The van der Waals surface area contributed by atoms with Crippen LogP contribution in [-0.2, 0) is 0 Å². The van der Waals surface area contributed by atoms with Crippen LogP contribution in [0, 0.1) is 0 Å². The van der Waals surface area contributed by atoms with Crippen LogP contribution in [0.3, 0.4) is 0 Å². The summed E-state index contributed by atoms with van der Waals surface area (Å²) in [6, 6.07) is 7.68. The molecule has 3 aromatic rings. The molecule has 2 heterocycles. The number of anilines is 1. The van der Waals surface area contributed by atoms with Gasteiger partial charge in [0.25, 0.3) is 5.22 Å². The number of fused-ring (bicyclic) bond motifs is 1. The minimum atomic E-state index is 0.248. The van der Waals surface area contributed by atoms with Gasteiger partial charge in [0.05, 0.1) is 11.7 Å². The average molecular weight is 244 g/mol. The normalized spacial score (nSPS) is 10.8. The van der Waals surface area contributed by atoms with Crippen LogP contribution in [0.15, 0.2) is 51.4 Å². The van der Waals surface area contributed by atoms with E-state index in [1.165, 1.54) is 18.0 Å². The molecule has 3 rings (SSSR count). The maximum Gasteiger partial charge on any atom is 0.261 e. The second-order valence-corrected chi connectivity index (χ2v) is 4.24. The lowest BCUT2D eigenvalue weighted by Gasteiger charge is -2.03. The van der Waals surface area contributed by atoms with E-state index in [0.29, 0.717) is 5.22 Å². The standard InChI is InChI=1S/C11H8N4OS/c12-10-14-8-4-2-1-3-7(8)9(15-10)17-11-13-5-6-16-11/h1-6H,(H2,12,14,15). The Balaban J connectivity index is 2.14. The topological polar surface area (TPSA) is 77.8 Å². The minimum Gasteiger partial charge on any atom is -0.440 e. The number of para-hydroxylation sites is 1. The van der Waals surface area contributed by atoms with E-state index in [-0.39, 0.29) is 5.95 Å². The fraction of sp³-hybridized carbons (Fsp3) is 0. The van der Waals surface area contributed by atoms with E-state index in [9.17, 15) is 0 Å². The first-order valence-electron chi connectivity index (χ1n) is 4.92. The molecule has 0 spiro atoms. The van der Waals surface area contributed by atoms with E-state index in [1.54, 1.807) is 6.20 Å². The molecule has 0 saturated heterocycles. The summed E-state index contributed by atoms with van der Waals surface area (Å²) < 4.78 is 5.18. The fourth-order valence-electron chi connectivity index (χ4n) is 1.49. The van der Waals surface area contributed by atoms with Gasteiger partial charge in [-0.1, -0.05) is 18.2 Å². The van der Waals surface area contributed by atoms with Gasteiger partial charge in [0.15, 0.2) is 0 Å². The largest absolute Gasteiger partial charge is 0.440 e. The summed E-state index contributed by atoms with van der Waals surface area (Å²) in [5.41, 5.74) is 6.48. The molecule has 0 amide bonds. The Hall–Kier alpha value is -2.08. The van der Waals surface area contributed by atoms with E-state index in [0.717, 1.165) is 15.9 Å². The number of oxazole rings is 1. The van der Waals surface area contributed by atoms with Crippen molar-refractivity contribution in [2.75, 3.05) is 5.73 Å². The number of nitrogens with two attached hydrogens (primary N) is 1. The number of benzene rings is 1. The molecule has 0 radical (unpaired) electrons. The third-order valence-electron chi connectivity index (χ3n) is 2.18. The zero-order valence-electron chi connectivity index (χ0n) is 8.70. The van der Waals surface area contributed by atoms with E-state index in [1.807, 2.05) is 24.3 Å². The van der Waals surface area contributed by atoms with Crippen LogP contribution in [0.4, 0.5) is 5.95 Å². The molecule has 0 atom stereocenters. The Morgan fingerprint density at radius 2 is 2.06 bits per heavy atom. The summed E-state index contributed by atoms with van der Waals surface area (Å²) in [5.74, 6) is 0.248. The van der Waals surface area contributed by atoms with Gasteiger partial charge >= 0.3 is 0 Å². The van der Waals surface area contributed by atoms with Gasteiger partial charge in [-0.3, -0.25) is 0 Å². The van der Waals surface area contributed by atoms with Crippen molar-refractivity contribution in [3.8, 4) is 0 Å². The van der Waals surface area contributed by atoms with Crippen molar-refractivity contribution in [3.05, 3.63) is 36.7 Å². The first-order chi connectivity index (χ1) is 8.33. The van der Waals surface area contributed by atoms with Crippen LogP contribution in [0.25, 0.3) is 10.9 Å². The minimum absolute atomic E-state index is 0.248. The summed E-state index contributed by atoms with van der Waals surface area (Å²) in [7, 11) is 0. The highest BCUT2D eigenvalue weighted by Gasteiger charge is 2.09. The first kappa shape index (κ1) is 10.1. The number of nitrogens with zero attached hydrogens (tertiary/aromatic N) is 3. The molecule has 1 aromatic carbocycles. The molecule has 6 heteroatoms. The second kappa shape index (κ2) is 4.06. The van der Waals surface area contributed by atoms with Crippen LogP contribution < -0.4 is 5.73 Å². The molecule has 0 aliphatic rings. The number of hydrogen-bond acceptors (Lipinski definition) is 6. The van der Waals surface area contributed by atoms with E-state index in [4.69, 9.17) is 10.2 Å². The predicted molar refractivity (Wildman–Crippen MR) is 64.6 cm³/mol. The van der Waals surface area contributed by atoms with Gasteiger partial charge in [-0.15, -0.1) is 0 Å². The van der Waals surface area contributed by atoms with Gasteiger partial charge in [-0.05, 0) is 17.8 Å².